The number of hydrogen-bond acceptors (Lipinski definition) is 0. The van der Waals surface area contributed by atoms with Gasteiger partial charge in [-0.3, -0.25) is 0 Å². The molecule has 0 aliphatic heterocycles. The summed E-state index contributed by atoms with van der Waals surface area (Å²) in [6.45, 7) is 4.28. The number of hydrogen-bond donors (Lipinski definition) is 0. The largest absolute Gasteiger partial charge is 0.120 e. The summed E-state index contributed by atoms with van der Waals surface area (Å²) in [7, 11) is 0. The van der Waals surface area contributed by atoms with E-state index < -0.39 is 0 Å². The fraction of sp³-hybridized carbons (Fsp3) is 0.182. The molecule has 1 unspecified atom stereocenters. The first-order valence-electron chi connectivity index (χ1n) is 7.59. The molecule has 0 bridgehead atoms. The molecule has 0 heteroatoms. The highest BCUT2D eigenvalue weighted by Gasteiger charge is 2.25. The SMILES string of the molecule is C#CCc1ccc(C(C)(/C=C\C=C/C)c2ccccc2)cc1. The van der Waals surface area contributed by atoms with Crippen molar-refractivity contribution in [2.75, 3.05) is 0 Å². The van der Waals surface area contributed by atoms with Crippen LogP contribution in [0.3, 0.4) is 0 Å². The minimum Gasteiger partial charge on any atom is -0.120 e. The van der Waals surface area contributed by atoms with Gasteiger partial charge in [0.25, 0.3) is 0 Å². The van der Waals surface area contributed by atoms with E-state index in [0.717, 1.165) is 0 Å². The molecule has 2 rings (SSSR count). The maximum absolute atomic E-state index is 5.39. The van der Waals surface area contributed by atoms with Gasteiger partial charge in [-0.2, -0.15) is 0 Å². The summed E-state index contributed by atoms with van der Waals surface area (Å²) in [5.41, 5.74) is 3.56. The van der Waals surface area contributed by atoms with Crippen molar-refractivity contribution in [3.63, 3.8) is 0 Å². The molecule has 0 N–H and O–H groups in total. The Bertz CT molecular complexity index is 681. The minimum absolute atomic E-state index is 0.157. The van der Waals surface area contributed by atoms with Gasteiger partial charge in [-0.05, 0) is 30.5 Å². The molecule has 0 radical (unpaired) electrons. The van der Waals surface area contributed by atoms with E-state index in [-0.39, 0.29) is 5.41 Å². The first-order chi connectivity index (χ1) is 10.7. The molecule has 0 aliphatic carbocycles. The summed E-state index contributed by atoms with van der Waals surface area (Å²) in [6.07, 6.45) is 14.5. The predicted octanol–water partition coefficient (Wildman–Crippen LogP) is 5.30. The number of benzene rings is 2. The van der Waals surface area contributed by atoms with Crippen LogP contribution in [-0.2, 0) is 11.8 Å². The van der Waals surface area contributed by atoms with Gasteiger partial charge in [0.05, 0.1) is 0 Å². The Morgan fingerprint density at radius 2 is 1.59 bits per heavy atom. The first-order valence-corrected chi connectivity index (χ1v) is 7.59. The zero-order valence-electron chi connectivity index (χ0n) is 13.3. The third-order valence-corrected chi connectivity index (χ3v) is 3.97. The van der Waals surface area contributed by atoms with Crippen LogP contribution in [0.5, 0.6) is 0 Å². The molecule has 0 heterocycles. The van der Waals surface area contributed by atoms with Crippen LogP contribution in [0.25, 0.3) is 0 Å². The van der Waals surface area contributed by atoms with Crippen molar-refractivity contribution in [1.82, 2.24) is 0 Å². The first kappa shape index (κ1) is 15.9. The topological polar surface area (TPSA) is 0 Å². The van der Waals surface area contributed by atoms with Crippen molar-refractivity contribution in [3.05, 3.63) is 95.6 Å². The molecule has 0 spiro atoms. The van der Waals surface area contributed by atoms with Gasteiger partial charge in [0.2, 0.25) is 0 Å². The second-order valence-electron chi connectivity index (χ2n) is 5.53. The maximum atomic E-state index is 5.39. The lowest BCUT2D eigenvalue weighted by molar-refractivity contribution is 0.723. The van der Waals surface area contributed by atoms with E-state index in [2.05, 4.69) is 85.7 Å². The Morgan fingerprint density at radius 3 is 2.18 bits per heavy atom. The summed E-state index contributed by atoms with van der Waals surface area (Å²) in [4.78, 5) is 0. The van der Waals surface area contributed by atoms with Crippen LogP contribution in [0.2, 0.25) is 0 Å². The lowest BCUT2D eigenvalue weighted by atomic mass is 9.75. The average molecular weight is 286 g/mol. The molecular weight excluding hydrogens is 264 g/mol. The van der Waals surface area contributed by atoms with Crippen LogP contribution in [0.1, 0.15) is 30.5 Å². The van der Waals surface area contributed by atoms with Crippen LogP contribution in [-0.4, -0.2) is 0 Å². The fourth-order valence-corrected chi connectivity index (χ4v) is 2.59. The Morgan fingerprint density at radius 1 is 0.955 bits per heavy atom. The van der Waals surface area contributed by atoms with Gasteiger partial charge in [0.1, 0.15) is 0 Å². The lowest BCUT2D eigenvalue weighted by Crippen LogP contribution is -2.20. The molecule has 0 amide bonds. The molecule has 0 fully saturated rings. The second-order valence-corrected chi connectivity index (χ2v) is 5.53. The smallest absolute Gasteiger partial charge is 0.0356 e. The Kier molecular flexibility index (Phi) is 5.39. The third kappa shape index (κ3) is 3.57. The normalized spacial score (nSPS) is 14.0. The van der Waals surface area contributed by atoms with E-state index in [1.54, 1.807) is 0 Å². The molecule has 22 heavy (non-hydrogen) atoms. The molecule has 0 aliphatic rings. The van der Waals surface area contributed by atoms with Gasteiger partial charge < -0.3 is 0 Å². The van der Waals surface area contributed by atoms with Gasteiger partial charge in [0, 0.05) is 11.8 Å². The van der Waals surface area contributed by atoms with Gasteiger partial charge >= 0.3 is 0 Å². The number of allylic oxidation sites excluding steroid dienone is 4. The third-order valence-electron chi connectivity index (χ3n) is 3.97. The van der Waals surface area contributed by atoms with E-state index in [1.807, 2.05) is 13.0 Å². The summed E-state index contributed by atoms with van der Waals surface area (Å²) in [5, 5.41) is 0. The van der Waals surface area contributed by atoms with Gasteiger partial charge in [-0.25, -0.2) is 0 Å². The van der Waals surface area contributed by atoms with E-state index in [0.29, 0.717) is 6.42 Å². The maximum Gasteiger partial charge on any atom is 0.0356 e. The predicted molar refractivity (Wildman–Crippen MR) is 95.8 cm³/mol. The molecule has 110 valence electrons. The van der Waals surface area contributed by atoms with Crippen LogP contribution in [0.4, 0.5) is 0 Å². The van der Waals surface area contributed by atoms with Crippen LogP contribution < -0.4 is 0 Å². The monoisotopic (exact) mass is 286 g/mol. The summed E-state index contributed by atoms with van der Waals surface area (Å²) < 4.78 is 0. The zero-order valence-corrected chi connectivity index (χ0v) is 13.3. The molecule has 1 atom stereocenters. The highest BCUT2D eigenvalue weighted by atomic mass is 14.3. The van der Waals surface area contributed by atoms with Crippen molar-refractivity contribution in [2.45, 2.75) is 25.7 Å². The lowest BCUT2D eigenvalue weighted by Gasteiger charge is -2.27. The number of terminal acetylenes is 1. The molecule has 2 aromatic carbocycles. The second kappa shape index (κ2) is 7.48. The van der Waals surface area contributed by atoms with E-state index in [9.17, 15) is 0 Å². The molecule has 2 aromatic rings. The van der Waals surface area contributed by atoms with Crippen molar-refractivity contribution in [2.24, 2.45) is 0 Å². The van der Waals surface area contributed by atoms with Crippen LogP contribution >= 0.6 is 0 Å². The van der Waals surface area contributed by atoms with Gasteiger partial charge in [-0.1, -0.05) is 78.9 Å². The summed E-state index contributed by atoms with van der Waals surface area (Å²) in [5.74, 6) is 2.69. The number of rotatable bonds is 5. The fourth-order valence-electron chi connectivity index (χ4n) is 2.59. The Balaban J connectivity index is 2.46. The Labute approximate surface area is 134 Å². The molecular formula is C22H22. The molecule has 0 aromatic heterocycles. The molecule has 0 nitrogen and oxygen atoms in total. The summed E-state index contributed by atoms with van der Waals surface area (Å²) >= 11 is 0. The summed E-state index contributed by atoms with van der Waals surface area (Å²) in [6, 6.07) is 19.2. The van der Waals surface area contributed by atoms with Crippen molar-refractivity contribution in [3.8, 4) is 12.3 Å². The average Bonchev–Trinajstić information content (AvgIpc) is 2.57. The standard InChI is InChI=1S/C22H22/c1-4-6-10-18-22(3,20-12-8-7-9-13-20)21-16-14-19(11-5-2)15-17-21/h2,4,6-10,12-18H,11H2,1,3H3/b6-4-,18-10-. The van der Waals surface area contributed by atoms with Crippen LogP contribution in [0, 0.1) is 12.3 Å². The zero-order chi connectivity index (χ0) is 15.8. The van der Waals surface area contributed by atoms with Gasteiger partial charge in [0.15, 0.2) is 0 Å². The minimum atomic E-state index is -0.157. The Hall–Kier alpha value is -2.52. The van der Waals surface area contributed by atoms with Crippen molar-refractivity contribution in [1.29, 1.82) is 0 Å². The van der Waals surface area contributed by atoms with E-state index >= 15 is 0 Å². The van der Waals surface area contributed by atoms with Crippen LogP contribution in [0.15, 0.2) is 78.9 Å². The van der Waals surface area contributed by atoms with E-state index in [4.69, 9.17) is 6.42 Å². The van der Waals surface area contributed by atoms with Crippen molar-refractivity contribution >= 4 is 0 Å². The quantitative estimate of drug-likeness (QED) is 0.517. The highest BCUT2D eigenvalue weighted by Crippen LogP contribution is 2.33. The highest BCUT2D eigenvalue weighted by molar-refractivity contribution is 5.45. The van der Waals surface area contributed by atoms with Crippen molar-refractivity contribution < 1.29 is 0 Å². The molecule has 0 saturated carbocycles. The molecule has 0 saturated heterocycles. The van der Waals surface area contributed by atoms with E-state index in [1.165, 1.54) is 16.7 Å². The van der Waals surface area contributed by atoms with Gasteiger partial charge in [-0.15, -0.1) is 12.3 Å².